The van der Waals surface area contributed by atoms with Gasteiger partial charge in [0.15, 0.2) is 5.96 Å². The molecule has 0 radical (unpaired) electrons. The first kappa shape index (κ1) is 22.4. The van der Waals surface area contributed by atoms with Crippen LogP contribution >= 0.6 is 24.0 Å². The van der Waals surface area contributed by atoms with Crippen molar-refractivity contribution >= 4 is 29.9 Å². The van der Waals surface area contributed by atoms with Gasteiger partial charge in [-0.05, 0) is 49.4 Å². The summed E-state index contributed by atoms with van der Waals surface area (Å²) in [6.07, 6.45) is 10.9. The van der Waals surface area contributed by atoms with Gasteiger partial charge in [0.2, 0.25) is 5.88 Å². The maximum Gasteiger partial charge on any atom is 0.213 e. The second-order valence-corrected chi connectivity index (χ2v) is 6.80. The molecule has 0 amide bonds. The van der Waals surface area contributed by atoms with Crippen LogP contribution in [0.1, 0.15) is 43.4 Å². The van der Waals surface area contributed by atoms with Crippen LogP contribution in [0.4, 0.5) is 0 Å². The lowest BCUT2D eigenvalue weighted by Gasteiger charge is -2.22. The van der Waals surface area contributed by atoms with Gasteiger partial charge in [0.1, 0.15) is 6.10 Å². The smallest absolute Gasteiger partial charge is 0.213 e. The van der Waals surface area contributed by atoms with Crippen molar-refractivity contribution in [1.82, 2.24) is 20.6 Å². The lowest BCUT2D eigenvalue weighted by atomic mass is 9.98. The molecule has 1 aliphatic carbocycles. The van der Waals surface area contributed by atoms with E-state index in [1.54, 1.807) is 7.05 Å². The summed E-state index contributed by atoms with van der Waals surface area (Å²) in [4.78, 5) is 13.0. The molecule has 2 aromatic heterocycles. The Bertz CT molecular complexity index is 720. The van der Waals surface area contributed by atoms with E-state index >= 15 is 0 Å². The third-order valence-electron chi connectivity index (χ3n) is 4.72. The molecular weight excluding hydrogens is 465 g/mol. The monoisotopic (exact) mass is 495 g/mol. The van der Waals surface area contributed by atoms with E-state index in [9.17, 15) is 0 Å². The summed E-state index contributed by atoms with van der Waals surface area (Å²) in [7, 11) is 1.78. The van der Waals surface area contributed by atoms with Crippen LogP contribution in [0.2, 0.25) is 0 Å². The zero-order valence-electron chi connectivity index (χ0n) is 16.4. The number of hydrogen-bond acceptors (Lipinski definition) is 4. The van der Waals surface area contributed by atoms with E-state index < -0.39 is 0 Å². The molecule has 0 atom stereocenters. The van der Waals surface area contributed by atoms with Crippen molar-refractivity contribution in [3.63, 3.8) is 0 Å². The van der Waals surface area contributed by atoms with Gasteiger partial charge >= 0.3 is 0 Å². The van der Waals surface area contributed by atoms with Crippen molar-refractivity contribution in [1.29, 1.82) is 0 Å². The van der Waals surface area contributed by atoms with Gasteiger partial charge in [0, 0.05) is 50.7 Å². The zero-order valence-corrected chi connectivity index (χ0v) is 18.8. The van der Waals surface area contributed by atoms with Crippen molar-refractivity contribution in [3.05, 3.63) is 54.0 Å². The van der Waals surface area contributed by atoms with E-state index in [1.165, 1.54) is 19.3 Å². The van der Waals surface area contributed by atoms with Crippen molar-refractivity contribution in [2.24, 2.45) is 4.99 Å². The molecule has 3 rings (SSSR count). The van der Waals surface area contributed by atoms with E-state index in [0.29, 0.717) is 12.6 Å². The SMILES string of the molecule is CN=C(NCCc1ccccn1)NCc1ccnc(OC2CCCCC2)c1.I. The van der Waals surface area contributed by atoms with Gasteiger partial charge in [-0.15, -0.1) is 24.0 Å². The van der Waals surface area contributed by atoms with Gasteiger partial charge in [0.05, 0.1) is 0 Å². The largest absolute Gasteiger partial charge is 0.474 e. The number of guanidine groups is 1. The molecule has 2 N–H and O–H groups in total. The Kier molecular flexibility index (Phi) is 10.0. The molecule has 28 heavy (non-hydrogen) atoms. The number of rotatable bonds is 7. The number of nitrogens with one attached hydrogen (secondary N) is 2. The van der Waals surface area contributed by atoms with Crippen molar-refractivity contribution in [2.75, 3.05) is 13.6 Å². The molecule has 2 heterocycles. The summed E-state index contributed by atoms with van der Waals surface area (Å²) in [6.45, 7) is 1.45. The van der Waals surface area contributed by atoms with Crippen molar-refractivity contribution < 1.29 is 4.74 Å². The third-order valence-corrected chi connectivity index (χ3v) is 4.72. The standard InChI is InChI=1S/C21H29N5O.HI/c1-22-21(25-14-11-18-7-5-6-12-23-18)26-16-17-10-13-24-20(15-17)27-19-8-3-2-4-9-19;/h5-7,10,12-13,15,19H,2-4,8-9,11,14,16H2,1H3,(H2,22,25,26);1H. The molecule has 7 heteroatoms. The van der Waals surface area contributed by atoms with Gasteiger partial charge < -0.3 is 15.4 Å². The average molecular weight is 495 g/mol. The predicted octanol–water partition coefficient (Wildman–Crippen LogP) is 3.71. The Hall–Kier alpha value is -1.90. The Morgan fingerprint density at radius 3 is 2.71 bits per heavy atom. The summed E-state index contributed by atoms with van der Waals surface area (Å²) in [6, 6.07) is 9.98. The molecule has 2 aromatic rings. The highest BCUT2D eigenvalue weighted by atomic mass is 127. The molecule has 0 bridgehead atoms. The van der Waals surface area contributed by atoms with Crippen LogP contribution in [-0.4, -0.2) is 35.6 Å². The lowest BCUT2D eigenvalue weighted by Crippen LogP contribution is -2.37. The fourth-order valence-corrected chi connectivity index (χ4v) is 3.24. The van der Waals surface area contributed by atoms with E-state index in [1.807, 2.05) is 42.7 Å². The van der Waals surface area contributed by atoms with Gasteiger partial charge in [-0.3, -0.25) is 9.98 Å². The summed E-state index contributed by atoms with van der Waals surface area (Å²) in [5.41, 5.74) is 2.20. The van der Waals surface area contributed by atoms with Crippen LogP contribution in [0.15, 0.2) is 47.7 Å². The van der Waals surface area contributed by atoms with Crippen LogP contribution in [-0.2, 0) is 13.0 Å². The summed E-state index contributed by atoms with van der Waals surface area (Å²) < 4.78 is 6.05. The second kappa shape index (κ2) is 12.5. The highest BCUT2D eigenvalue weighted by molar-refractivity contribution is 14.0. The molecule has 0 aliphatic heterocycles. The van der Waals surface area contributed by atoms with Gasteiger partial charge in [0.25, 0.3) is 0 Å². The third kappa shape index (κ3) is 7.61. The first-order valence-corrected chi connectivity index (χ1v) is 9.79. The molecule has 1 saturated carbocycles. The molecule has 1 fully saturated rings. The molecule has 0 spiro atoms. The van der Waals surface area contributed by atoms with Crippen LogP contribution < -0.4 is 15.4 Å². The number of aromatic nitrogens is 2. The quantitative estimate of drug-likeness (QED) is 0.348. The van der Waals surface area contributed by atoms with Crippen molar-refractivity contribution in [2.45, 2.75) is 51.2 Å². The molecular formula is C21H30IN5O. The Morgan fingerprint density at radius 1 is 1.11 bits per heavy atom. The minimum absolute atomic E-state index is 0. The van der Waals surface area contributed by atoms with E-state index in [4.69, 9.17) is 4.74 Å². The number of ether oxygens (including phenoxy) is 1. The Morgan fingerprint density at radius 2 is 1.96 bits per heavy atom. The van der Waals surface area contributed by atoms with Gasteiger partial charge in [-0.25, -0.2) is 4.98 Å². The summed E-state index contributed by atoms with van der Waals surface area (Å²) in [5.74, 6) is 1.50. The molecule has 1 aliphatic rings. The fraction of sp³-hybridized carbons (Fsp3) is 0.476. The second-order valence-electron chi connectivity index (χ2n) is 6.80. The lowest BCUT2D eigenvalue weighted by molar-refractivity contribution is 0.148. The maximum absolute atomic E-state index is 6.05. The number of aliphatic imine (C=N–C) groups is 1. The number of nitrogens with zero attached hydrogens (tertiary/aromatic N) is 3. The van der Waals surface area contributed by atoms with E-state index in [-0.39, 0.29) is 24.0 Å². The minimum Gasteiger partial charge on any atom is -0.474 e. The van der Waals surface area contributed by atoms with Gasteiger partial charge in [-0.1, -0.05) is 12.5 Å². The maximum atomic E-state index is 6.05. The minimum atomic E-state index is 0. The molecule has 152 valence electrons. The Balaban J connectivity index is 0.00000280. The molecule has 0 saturated heterocycles. The Labute approximate surface area is 184 Å². The van der Waals surface area contributed by atoms with Crippen LogP contribution in [0.5, 0.6) is 5.88 Å². The van der Waals surface area contributed by atoms with Crippen LogP contribution in [0.25, 0.3) is 0 Å². The van der Waals surface area contributed by atoms with E-state index in [2.05, 4.69) is 25.6 Å². The topological polar surface area (TPSA) is 71.4 Å². The highest BCUT2D eigenvalue weighted by Gasteiger charge is 2.15. The summed E-state index contributed by atoms with van der Waals surface area (Å²) >= 11 is 0. The predicted molar refractivity (Wildman–Crippen MR) is 123 cm³/mol. The van der Waals surface area contributed by atoms with Crippen LogP contribution in [0.3, 0.4) is 0 Å². The molecule has 0 unspecified atom stereocenters. The molecule has 0 aromatic carbocycles. The first-order chi connectivity index (χ1) is 13.3. The highest BCUT2D eigenvalue weighted by Crippen LogP contribution is 2.22. The summed E-state index contributed by atoms with van der Waals surface area (Å²) in [5, 5.41) is 6.66. The average Bonchev–Trinajstić information content (AvgIpc) is 2.72. The fourth-order valence-electron chi connectivity index (χ4n) is 3.24. The molecule has 6 nitrogen and oxygen atoms in total. The number of halogens is 1. The van der Waals surface area contributed by atoms with Gasteiger partial charge in [-0.2, -0.15) is 0 Å². The number of pyridine rings is 2. The van der Waals surface area contributed by atoms with Crippen molar-refractivity contribution in [3.8, 4) is 5.88 Å². The van der Waals surface area contributed by atoms with Crippen LogP contribution in [0, 0.1) is 0 Å². The zero-order chi connectivity index (χ0) is 18.7. The first-order valence-electron chi connectivity index (χ1n) is 9.79. The number of hydrogen-bond donors (Lipinski definition) is 2. The van der Waals surface area contributed by atoms with E-state index in [0.717, 1.165) is 48.9 Å². The normalized spacial score (nSPS) is 14.8.